The smallest absolute Gasteiger partial charge is 0.118 e. The number of epoxide rings is 1. The largest absolute Gasteiger partial charge is 0.360 e. The van der Waals surface area contributed by atoms with Crippen molar-refractivity contribution in [1.82, 2.24) is 0 Å². The fourth-order valence-electron chi connectivity index (χ4n) is 1.47. The summed E-state index contributed by atoms with van der Waals surface area (Å²) in [4.78, 5) is 0. The van der Waals surface area contributed by atoms with E-state index in [1.807, 2.05) is 24.3 Å². The van der Waals surface area contributed by atoms with E-state index < -0.39 is 0 Å². The maximum absolute atomic E-state index is 5.80. The summed E-state index contributed by atoms with van der Waals surface area (Å²) in [5, 5.41) is 1.65. The van der Waals surface area contributed by atoms with Crippen LogP contribution in [0.25, 0.3) is 0 Å². The molecule has 0 N–H and O–H groups in total. The molecule has 0 unspecified atom stereocenters. The highest BCUT2D eigenvalue weighted by atomic mass is 79.9. The molecular formula is C10H10BrClO. The first-order valence-electron chi connectivity index (χ1n) is 4.16. The van der Waals surface area contributed by atoms with Crippen molar-refractivity contribution in [1.29, 1.82) is 0 Å². The molecular weight excluding hydrogens is 251 g/mol. The fraction of sp³-hybridized carbons (Fsp3) is 0.400. The van der Waals surface area contributed by atoms with Crippen LogP contribution in [0.15, 0.2) is 24.3 Å². The first-order chi connectivity index (χ1) is 6.16. The Morgan fingerprint density at radius 1 is 1.46 bits per heavy atom. The van der Waals surface area contributed by atoms with Gasteiger partial charge in [-0.2, -0.15) is 0 Å². The van der Waals surface area contributed by atoms with Crippen LogP contribution in [0, 0.1) is 0 Å². The Labute approximate surface area is 91.2 Å². The maximum atomic E-state index is 5.80. The van der Waals surface area contributed by atoms with Gasteiger partial charge in [0.2, 0.25) is 0 Å². The minimum absolute atomic E-state index is 0.103. The van der Waals surface area contributed by atoms with E-state index in [1.165, 1.54) is 5.56 Å². The van der Waals surface area contributed by atoms with E-state index in [1.54, 1.807) is 0 Å². The molecule has 1 heterocycles. The average Bonchev–Trinajstić information content (AvgIpc) is 2.80. The lowest BCUT2D eigenvalue weighted by molar-refractivity contribution is 0.317. The van der Waals surface area contributed by atoms with Crippen LogP contribution in [0.4, 0.5) is 0 Å². The summed E-state index contributed by atoms with van der Waals surface area (Å²) >= 11 is 9.21. The minimum Gasteiger partial charge on any atom is -0.360 e. The Morgan fingerprint density at radius 2 is 2.08 bits per heavy atom. The van der Waals surface area contributed by atoms with Crippen LogP contribution in [0.3, 0.4) is 0 Å². The molecule has 1 aliphatic rings. The van der Waals surface area contributed by atoms with E-state index >= 15 is 0 Å². The van der Waals surface area contributed by atoms with Gasteiger partial charge in [0.25, 0.3) is 0 Å². The van der Waals surface area contributed by atoms with E-state index in [0.29, 0.717) is 6.10 Å². The van der Waals surface area contributed by atoms with Gasteiger partial charge in [-0.1, -0.05) is 39.7 Å². The maximum Gasteiger partial charge on any atom is 0.118 e. The van der Waals surface area contributed by atoms with E-state index in [-0.39, 0.29) is 5.60 Å². The molecule has 0 radical (unpaired) electrons. The van der Waals surface area contributed by atoms with Gasteiger partial charge in [0.15, 0.2) is 0 Å². The van der Waals surface area contributed by atoms with Crippen LogP contribution in [-0.4, -0.2) is 11.4 Å². The molecule has 1 aromatic rings. The van der Waals surface area contributed by atoms with Gasteiger partial charge in [-0.3, -0.25) is 0 Å². The average molecular weight is 262 g/mol. The second-order valence-corrected chi connectivity index (χ2v) is 4.46. The van der Waals surface area contributed by atoms with Gasteiger partial charge in [-0.25, -0.2) is 0 Å². The van der Waals surface area contributed by atoms with Crippen LogP contribution in [0.5, 0.6) is 0 Å². The molecule has 1 nitrogen and oxygen atoms in total. The number of benzene rings is 1. The Bertz CT molecular complexity index is 311. The highest BCUT2D eigenvalue weighted by molar-refractivity contribution is 9.09. The van der Waals surface area contributed by atoms with Crippen molar-refractivity contribution in [2.75, 3.05) is 5.33 Å². The predicted octanol–water partition coefficient (Wildman–Crippen LogP) is 3.35. The second kappa shape index (κ2) is 3.26. The first-order valence-corrected chi connectivity index (χ1v) is 5.66. The lowest BCUT2D eigenvalue weighted by Gasteiger charge is -2.05. The zero-order chi connectivity index (χ0) is 9.47. The monoisotopic (exact) mass is 260 g/mol. The van der Waals surface area contributed by atoms with E-state index in [2.05, 4.69) is 22.9 Å². The van der Waals surface area contributed by atoms with Crippen LogP contribution in [0.2, 0.25) is 5.02 Å². The highest BCUT2D eigenvalue weighted by Crippen LogP contribution is 2.46. The minimum atomic E-state index is -0.103. The Hall–Kier alpha value is -0.0500. The molecule has 0 saturated carbocycles. The van der Waals surface area contributed by atoms with E-state index in [4.69, 9.17) is 16.3 Å². The van der Waals surface area contributed by atoms with Gasteiger partial charge in [0, 0.05) is 10.4 Å². The fourth-order valence-corrected chi connectivity index (χ4v) is 2.35. The van der Waals surface area contributed by atoms with Gasteiger partial charge in [-0.15, -0.1) is 0 Å². The number of rotatable bonds is 2. The molecule has 0 aliphatic carbocycles. The number of hydrogen-bond donors (Lipinski definition) is 0. The third kappa shape index (κ3) is 1.63. The second-order valence-electron chi connectivity index (χ2n) is 3.37. The number of halogens is 2. The molecule has 0 amide bonds. The van der Waals surface area contributed by atoms with Crippen molar-refractivity contribution < 1.29 is 4.74 Å². The predicted molar refractivity (Wildman–Crippen MR) is 57.5 cm³/mol. The zero-order valence-electron chi connectivity index (χ0n) is 7.26. The Morgan fingerprint density at radius 3 is 2.54 bits per heavy atom. The van der Waals surface area contributed by atoms with Crippen LogP contribution in [-0.2, 0) is 10.3 Å². The van der Waals surface area contributed by atoms with Gasteiger partial charge in [-0.05, 0) is 24.6 Å². The molecule has 1 saturated heterocycles. The van der Waals surface area contributed by atoms with Gasteiger partial charge in [0.1, 0.15) is 11.7 Å². The summed E-state index contributed by atoms with van der Waals surface area (Å²) in [7, 11) is 0. The van der Waals surface area contributed by atoms with Crippen LogP contribution >= 0.6 is 27.5 Å². The SMILES string of the molecule is C[C@]1(c2ccc(Cl)cc2)O[C@@H]1CBr. The summed E-state index contributed by atoms with van der Waals surface area (Å²) in [5.41, 5.74) is 1.09. The van der Waals surface area contributed by atoms with Crippen molar-refractivity contribution in [2.24, 2.45) is 0 Å². The van der Waals surface area contributed by atoms with Crippen molar-refractivity contribution in [3.8, 4) is 0 Å². The van der Waals surface area contributed by atoms with E-state index in [9.17, 15) is 0 Å². The quantitative estimate of drug-likeness (QED) is 0.587. The summed E-state index contributed by atoms with van der Waals surface area (Å²) in [6.07, 6.45) is 0.300. The Kier molecular flexibility index (Phi) is 2.39. The van der Waals surface area contributed by atoms with E-state index in [0.717, 1.165) is 10.4 Å². The lowest BCUT2D eigenvalue weighted by Crippen LogP contribution is -2.07. The molecule has 3 heteroatoms. The Balaban J connectivity index is 2.23. The number of alkyl halides is 1. The van der Waals surface area contributed by atoms with Crippen molar-refractivity contribution >= 4 is 27.5 Å². The molecule has 2 atom stereocenters. The summed E-state index contributed by atoms with van der Waals surface area (Å²) < 4.78 is 5.59. The number of hydrogen-bond acceptors (Lipinski definition) is 1. The topological polar surface area (TPSA) is 12.5 Å². The third-order valence-corrected chi connectivity index (χ3v) is 3.34. The van der Waals surface area contributed by atoms with Crippen molar-refractivity contribution in [3.63, 3.8) is 0 Å². The molecule has 0 bridgehead atoms. The standard InChI is InChI=1S/C10H10BrClO/c1-10(9(6-11)13-10)7-2-4-8(12)5-3-7/h2-5,9H,6H2,1H3/t9-,10-/m1/s1. The highest BCUT2D eigenvalue weighted by Gasteiger charge is 2.52. The van der Waals surface area contributed by atoms with Gasteiger partial charge < -0.3 is 4.74 Å². The van der Waals surface area contributed by atoms with Gasteiger partial charge in [0.05, 0.1) is 0 Å². The van der Waals surface area contributed by atoms with Crippen molar-refractivity contribution in [3.05, 3.63) is 34.9 Å². The summed E-state index contributed by atoms with van der Waals surface area (Å²) in [6.45, 7) is 2.10. The summed E-state index contributed by atoms with van der Waals surface area (Å²) in [6, 6.07) is 7.83. The first kappa shape index (κ1) is 9.50. The van der Waals surface area contributed by atoms with Crippen LogP contribution < -0.4 is 0 Å². The number of ether oxygens (including phenoxy) is 1. The molecule has 1 aromatic carbocycles. The lowest BCUT2D eigenvalue weighted by atomic mass is 9.98. The molecule has 13 heavy (non-hydrogen) atoms. The van der Waals surface area contributed by atoms with Crippen LogP contribution in [0.1, 0.15) is 12.5 Å². The molecule has 1 fully saturated rings. The van der Waals surface area contributed by atoms with Crippen molar-refractivity contribution in [2.45, 2.75) is 18.6 Å². The molecule has 70 valence electrons. The zero-order valence-corrected chi connectivity index (χ0v) is 9.60. The molecule has 1 aliphatic heterocycles. The van der Waals surface area contributed by atoms with Gasteiger partial charge >= 0.3 is 0 Å². The normalized spacial score (nSPS) is 31.8. The molecule has 2 rings (SSSR count). The molecule has 0 spiro atoms. The molecule has 0 aromatic heterocycles. The summed E-state index contributed by atoms with van der Waals surface area (Å²) in [5.74, 6) is 0. The third-order valence-electron chi connectivity index (χ3n) is 2.50.